The summed E-state index contributed by atoms with van der Waals surface area (Å²) in [6.07, 6.45) is 8.80. The quantitative estimate of drug-likeness (QED) is 0.0642. The standard InChI is InChI=1S/C32H38N6O2.C28H31N5O2.C26H24F3N5O3/c1-23(2)26-19-25-9-7-13-33-32(25)30(20-26)37-15-8-14-36(17-18-37)29(21-31(40)34-22-24(3)39)28-12-16-38(35-28)27-10-5-4-6-11-27;1-3-35-25-13-12-22-9-7-15-29-26(22)28(25)32-17-8-16-31(19-20-32)27(21(2)34)24-14-18-33(30-24)23-10-5-4-6-11-23;27-26(28,29)37-20-16-18-6-4-10-30-23(18)22(17-20)32-11-5-12-33(15-14-32)24(25(35)36)21-9-13-34(31-21)19-7-2-1-3-8-19/h4-7,9-13,16,19-20,23,29H,8,14-15,17-18,21-22H2,1-3H3,(H,34,40);4-7,9-15,18,27H,3,8,16-17,19-20H2,1-2H3;1-4,6-10,13,16-17,24H,5,11-12,14-15H2,(H,35,36). The number of hydrogen-bond acceptors (Lipinski definition) is 18. The highest BCUT2D eigenvalue weighted by molar-refractivity contribution is 5.95. The Kier molecular flexibility index (Phi) is 25.4. The summed E-state index contributed by atoms with van der Waals surface area (Å²) in [7, 11) is 0. The van der Waals surface area contributed by atoms with Gasteiger partial charge in [0.05, 0.1) is 81.3 Å². The summed E-state index contributed by atoms with van der Waals surface area (Å²) in [6.45, 7) is 18.6. The van der Waals surface area contributed by atoms with E-state index in [0.717, 1.165) is 127 Å². The van der Waals surface area contributed by atoms with Crippen LogP contribution in [-0.2, 0) is 19.2 Å². The Balaban J connectivity index is 0.000000147. The van der Waals surface area contributed by atoms with Crippen molar-refractivity contribution in [2.75, 3.05) is 106 Å². The van der Waals surface area contributed by atoms with Gasteiger partial charge in [-0.3, -0.25) is 48.8 Å². The molecule has 12 aromatic rings. The summed E-state index contributed by atoms with van der Waals surface area (Å²) < 4.78 is 54.4. The van der Waals surface area contributed by atoms with Gasteiger partial charge < -0.3 is 34.6 Å². The van der Waals surface area contributed by atoms with Crippen LogP contribution in [0, 0.1) is 0 Å². The van der Waals surface area contributed by atoms with Crippen molar-refractivity contribution in [3.05, 3.63) is 242 Å². The van der Waals surface area contributed by atoms with Crippen molar-refractivity contribution in [1.29, 1.82) is 0 Å². The lowest BCUT2D eigenvalue weighted by atomic mass is 9.99. The van der Waals surface area contributed by atoms with Crippen molar-refractivity contribution >= 4 is 73.2 Å². The third kappa shape index (κ3) is 19.3. The summed E-state index contributed by atoms with van der Waals surface area (Å²) in [5.74, 6) is -0.151. The lowest BCUT2D eigenvalue weighted by Gasteiger charge is -2.30. The van der Waals surface area contributed by atoms with Gasteiger partial charge in [0.1, 0.15) is 29.0 Å². The molecular weight excluding hydrogens is 1430 g/mol. The van der Waals surface area contributed by atoms with Gasteiger partial charge in [0.2, 0.25) is 5.91 Å². The number of nitrogens with zero attached hydrogens (tertiary/aromatic N) is 15. The molecule has 2 N–H and O–H groups in total. The normalized spacial score (nSPS) is 15.6. The number of carboxylic acids is 1. The van der Waals surface area contributed by atoms with E-state index in [9.17, 15) is 37.5 Å². The van der Waals surface area contributed by atoms with Gasteiger partial charge in [-0.2, -0.15) is 15.3 Å². The maximum Gasteiger partial charge on any atom is 0.573 e. The summed E-state index contributed by atoms with van der Waals surface area (Å²) in [5, 5.41) is 29.8. The number of aliphatic carboxylic acids is 1. The number of carbonyl (C=O) groups is 4. The molecule has 6 aromatic heterocycles. The van der Waals surface area contributed by atoms with Gasteiger partial charge in [-0.15, -0.1) is 13.2 Å². The number of para-hydroxylation sites is 3. The topological polar surface area (TPSA) is 231 Å². The number of Topliss-reactive ketones (excluding diaryl/α,β-unsaturated/α-hetero) is 2. The monoisotopic (exact) mass is 1520 g/mol. The highest BCUT2D eigenvalue weighted by Gasteiger charge is 2.36. The van der Waals surface area contributed by atoms with Crippen molar-refractivity contribution in [3.8, 4) is 28.6 Å². The minimum Gasteiger partial charge on any atom is -0.492 e. The number of halogens is 3. The average Bonchev–Trinajstić information content (AvgIpc) is 1.01. The number of nitrogens with one attached hydrogen (secondary N) is 1. The van der Waals surface area contributed by atoms with Crippen LogP contribution in [-0.4, -0.2) is 186 Å². The zero-order valence-electron chi connectivity index (χ0n) is 63.6. The summed E-state index contributed by atoms with van der Waals surface area (Å²) in [4.78, 5) is 76.6. The number of carbonyl (C=O) groups excluding carboxylic acids is 3. The summed E-state index contributed by atoms with van der Waals surface area (Å²) >= 11 is 0. The van der Waals surface area contributed by atoms with E-state index in [1.807, 2.05) is 172 Å². The molecule has 3 aliphatic rings. The molecule has 1 amide bonds. The van der Waals surface area contributed by atoms with Gasteiger partial charge in [0.15, 0.2) is 11.8 Å². The number of ether oxygens (including phenoxy) is 2. The molecule has 3 fully saturated rings. The lowest BCUT2D eigenvalue weighted by molar-refractivity contribution is -0.274. The Morgan fingerprint density at radius 3 is 1.50 bits per heavy atom. The number of fused-ring (bicyclic) bond motifs is 3. The van der Waals surface area contributed by atoms with E-state index >= 15 is 0 Å². The molecule has 0 bridgehead atoms. The van der Waals surface area contributed by atoms with Crippen LogP contribution in [0.3, 0.4) is 0 Å². The molecule has 23 nitrogen and oxygen atoms in total. The fraction of sp³-hybridized carbons (Fsp3) is 0.326. The van der Waals surface area contributed by atoms with Gasteiger partial charge in [-0.1, -0.05) is 86.6 Å². The van der Waals surface area contributed by atoms with Crippen LogP contribution in [0.2, 0.25) is 0 Å². The number of ketones is 2. The van der Waals surface area contributed by atoms with E-state index < -0.39 is 18.4 Å². The zero-order valence-corrected chi connectivity index (χ0v) is 63.6. The molecule has 0 spiro atoms. The number of amides is 1. The van der Waals surface area contributed by atoms with Gasteiger partial charge in [0, 0.05) is 144 Å². The third-order valence-corrected chi connectivity index (χ3v) is 20.4. The molecule has 112 heavy (non-hydrogen) atoms. The molecule has 26 heteroatoms. The number of aromatic nitrogens is 9. The van der Waals surface area contributed by atoms with Gasteiger partial charge in [-0.05, 0) is 155 Å². The predicted octanol–water partition coefficient (Wildman–Crippen LogP) is 14.2. The predicted molar refractivity (Wildman–Crippen MR) is 428 cm³/mol. The first-order valence-corrected chi connectivity index (χ1v) is 38.2. The molecule has 15 rings (SSSR count). The highest BCUT2D eigenvalue weighted by Crippen LogP contribution is 2.39. The maximum atomic E-state index is 12.9. The molecular formula is C86H93F3N16O7. The zero-order chi connectivity index (χ0) is 78.3. The van der Waals surface area contributed by atoms with Crippen LogP contribution in [0.25, 0.3) is 49.8 Å². The molecule has 6 aromatic carbocycles. The molecule has 580 valence electrons. The second kappa shape index (κ2) is 36.3. The van der Waals surface area contributed by atoms with Gasteiger partial charge in [-0.25, -0.2) is 14.0 Å². The fourth-order valence-electron chi connectivity index (χ4n) is 15.1. The Labute approximate surface area is 648 Å². The smallest absolute Gasteiger partial charge is 0.492 e. The first-order chi connectivity index (χ1) is 54.3. The van der Waals surface area contributed by atoms with Gasteiger partial charge >= 0.3 is 12.3 Å². The molecule has 3 aliphatic heterocycles. The van der Waals surface area contributed by atoms with Gasteiger partial charge in [0.25, 0.3) is 0 Å². The second-order valence-electron chi connectivity index (χ2n) is 28.4. The molecule has 0 radical (unpaired) electrons. The van der Waals surface area contributed by atoms with Crippen LogP contribution in [0.1, 0.15) is 107 Å². The SMILES string of the molecule is CC(=O)CNC(=O)CC(c1ccn(-c2ccccc2)n1)N1CCCN(c2cc(C(C)C)cc3cccnc23)CC1.CCOc1ccc2cccnc2c1N1CCCN(C(C(C)=O)c2ccn(-c3ccccc3)n2)CC1.O=C(O)C(c1ccn(-c2ccccc2)n1)N1CCCN(c2cc(OC(F)(F)F)cc3cccnc23)CC1. The highest BCUT2D eigenvalue weighted by atomic mass is 19.4. The number of pyridine rings is 3. The van der Waals surface area contributed by atoms with Crippen LogP contribution >= 0.6 is 0 Å². The number of carboxylic acid groups (broad SMARTS) is 1. The fourth-order valence-corrected chi connectivity index (χ4v) is 15.1. The number of rotatable bonds is 22. The van der Waals surface area contributed by atoms with Crippen molar-refractivity contribution in [1.82, 2.24) is 64.3 Å². The summed E-state index contributed by atoms with van der Waals surface area (Å²) in [5.41, 5.74) is 11.4. The average molecular weight is 1520 g/mol. The van der Waals surface area contributed by atoms with E-state index in [-0.39, 0.29) is 48.3 Å². The lowest BCUT2D eigenvalue weighted by Crippen LogP contribution is -2.38. The Hall–Kier alpha value is -11.9. The van der Waals surface area contributed by atoms with E-state index in [4.69, 9.17) is 19.9 Å². The minimum absolute atomic E-state index is 0.0457. The second-order valence-corrected chi connectivity index (χ2v) is 28.4. The summed E-state index contributed by atoms with van der Waals surface area (Å²) in [6, 6.07) is 56.3. The minimum atomic E-state index is -4.82. The molecule has 0 aliphatic carbocycles. The molecule has 3 atom stereocenters. The Morgan fingerprint density at radius 1 is 0.500 bits per heavy atom. The number of benzene rings is 6. The molecule has 3 unspecified atom stereocenters. The third-order valence-electron chi connectivity index (χ3n) is 20.4. The van der Waals surface area contributed by atoms with Crippen LogP contribution in [0.15, 0.2) is 219 Å². The molecule has 3 saturated heterocycles. The first-order valence-electron chi connectivity index (χ1n) is 38.2. The molecule has 9 heterocycles. The van der Waals surface area contributed by atoms with E-state index in [1.54, 1.807) is 42.2 Å². The van der Waals surface area contributed by atoms with Crippen LogP contribution in [0.4, 0.5) is 30.2 Å². The number of anilines is 3. The Bertz CT molecular complexity index is 5180. The van der Waals surface area contributed by atoms with E-state index in [0.29, 0.717) is 67.4 Å². The molecule has 0 saturated carbocycles. The number of hydrogen-bond donors (Lipinski definition) is 2. The maximum absolute atomic E-state index is 12.9. The van der Waals surface area contributed by atoms with Crippen molar-refractivity contribution in [2.45, 2.75) is 90.7 Å². The van der Waals surface area contributed by atoms with Crippen LogP contribution in [0.5, 0.6) is 11.5 Å². The Morgan fingerprint density at radius 2 is 0.973 bits per heavy atom. The van der Waals surface area contributed by atoms with E-state index in [2.05, 4.69) is 88.9 Å². The van der Waals surface area contributed by atoms with E-state index in [1.165, 1.54) is 30.3 Å². The van der Waals surface area contributed by atoms with Crippen molar-refractivity contribution in [2.24, 2.45) is 0 Å². The van der Waals surface area contributed by atoms with Crippen molar-refractivity contribution < 1.29 is 46.9 Å². The first kappa shape index (κ1) is 78.3. The number of alkyl halides is 3. The van der Waals surface area contributed by atoms with Crippen LogP contribution < -0.4 is 29.5 Å². The van der Waals surface area contributed by atoms with Crippen molar-refractivity contribution in [3.63, 3.8) is 0 Å². The largest absolute Gasteiger partial charge is 0.573 e.